The minimum atomic E-state index is -0.133. The SMILES string of the molecule is COc1c(C)ccc(F)c1CC1CCNCC1. The first kappa shape index (κ1) is 12.4. The molecule has 1 heterocycles. The normalized spacial score (nSPS) is 17.1. The lowest BCUT2D eigenvalue weighted by Crippen LogP contribution is -2.29. The number of aryl methyl sites for hydroxylation is 1. The predicted molar refractivity (Wildman–Crippen MR) is 67.0 cm³/mol. The molecule has 0 radical (unpaired) electrons. The first-order valence-electron chi connectivity index (χ1n) is 6.25. The van der Waals surface area contributed by atoms with E-state index in [2.05, 4.69) is 5.32 Å². The molecule has 3 heteroatoms. The molecule has 0 unspecified atom stereocenters. The van der Waals surface area contributed by atoms with Crippen molar-refractivity contribution in [2.75, 3.05) is 20.2 Å². The largest absolute Gasteiger partial charge is 0.496 e. The van der Waals surface area contributed by atoms with Crippen LogP contribution in [0.1, 0.15) is 24.0 Å². The van der Waals surface area contributed by atoms with Gasteiger partial charge in [-0.1, -0.05) is 6.07 Å². The van der Waals surface area contributed by atoms with E-state index in [0.717, 1.165) is 49.2 Å². The average Bonchev–Trinajstić information content (AvgIpc) is 2.35. The quantitative estimate of drug-likeness (QED) is 0.872. The first-order valence-corrected chi connectivity index (χ1v) is 6.25. The Morgan fingerprint density at radius 3 is 2.71 bits per heavy atom. The molecule has 1 N–H and O–H groups in total. The third kappa shape index (κ3) is 2.78. The number of halogens is 1. The molecule has 1 saturated heterocycles. The van der Waals surface area contributed by atoms with Crippen LogP contribution in [0.5, 0.6) is 5.75 Å². The minimum Gasteiger partial charge on any atom is -0.496 e. The van der Waals surface area contributed by atoms with Gasteiger partial charge in [-0.05, 0) is 56.8 Å². The van der Waals surface area contributed by atoms with Gasteiger partial charge in [0.15, 0.2) is 0 Å². The van der Waals surface area contributed by atoms with Gasteiger partial charge in [0, 0.05) is 5.56 Å². The van der Waals surface area contributed by atoms with Gasteiger partial charge in [0.25, 0.3) is 0 Å². The fourth-order valence-corrected chi connectivity index (χ4v) is 2.57. The van der Waals surface area contributed by atoms with Crippen LogP contribution in [0.3, 0.4) is 0 Å². The van der Waals surface area contributed by atoms with Crippen molar-refractivity contribution in [3.8, 4) is 5.75 Å². The van der Waals surface area contributed by atoms with Crippen LogP contribution in [-0.4, -0.2) is 20.2 Å². The first-order chi connectivity index (χ1) is 8.22. The molecule has 0 aromatic heterocycles. The number of hydrogen-bond acceptors (Lipinski definition) is 2. The summed E-state index contributed by atoms with van der Waals surface area (Å²) >= 11 is 0. The zero-order valence-corrected chi connectivity index (χ0v) is 10.6. The van der Waals surface area contributed by atoms with E-state index < -0.39 is 0 Å². The lowest BCUT2D eigenvalue weighted by Gasteiger charge is -2.24. The number of ether oxygens (including phenoxy) is 1. The number of rotatable bonds is 3. The molecule has 0 saturated carbocycles. The molecule has 0 bridgehead atoms. The van der Waals surface area contributed by atoms with Crippen molar-refractivity contribution >= 4 is 0 Å². The second kappa shape index (κ2) is 5.50. The van der Waals surface area contributed by atoms with E-state index >= 15 is 0 Å². The van der Waals surface area contributed by atoms with E-state index in [1.54, 1.807) is 19.2 Å². The molecule has 2 nitrogen and oxygen atoms in total. The van der Waals surface area contributed by atoms with Gasteiger partial charge in [-0.25, -0.2) is 4.39 Å². The van der Waals surface area contributed by atoms with Crippen molar-refractivity contribution in [2.45, 2.75) is 26.2 Å². The molecule has 0 spiro atoms. The summed E-state index contributed by atoms with van der Waals surface area (Å²) in [5, 5.41) is 3.33. The third-order valence-electron chi connectivity index (χ3n) is 3.56. The van der Waals surface area contributed by atoms with Gasteiger partial charge in [-0.2, -0.15) is 0 Å². The highest BCUT2D eigenvalue weighted by Gasteiger charge is 2.19. The van der Waals surface area contributed by atoms with Crippen molar-refractivity contribution in [2.24, 2.45) is 5.92 Å². The van der Waals surface area contributed by atoms with Crippen molar-refractivity contribution < 1.29 is 9.13 Å². The van der Waals surface area contributed by atoms with E-state index in [9.17, 15) is 4.39 Å². The van der Waals surface area contributed by atoms with Crippen molar-refractivity contribution in [3.05, 3.63) is 29.1 Å². The maximum atomic E-state index is 13.9. The zero-order chi connectivity index (χ0) is 12.3. The molecular weight excluding hydrogens is 217 g/mol. The summed E-state index contributed by atoms with van der Waals surface area (Å²) in [5.74, 6) is 1.16. The summed E-state index contributed by atoms with van der Waals surface area (Å²) in [6.45, 7) is 4.05. The van der Waals surface area contributed by atoms with Crippen LogP contribution in [0.4, 0.5) is 4.39 Å². The highest BCUT2D eigenvalue weighted by molar-refractivity contribution is 5.42. The molecule has 0 amide bonds. The fourth-order valence-electron chi connectivity index (χ4n) is 2.57. The maximum Gasteiger partial charge on any atom is 0.130 e. The summed E-state index contributed by atoms with van der Waals surface area (Å²) in [5.41, 5.74) is 1.76. The number of benzene rings is 1. The van der Waals surface area contributed by atoms with Crippen molar-refractivity contribution in [3.63, 3.8) is 0 Å². The van der Waals surface area contributed by atoms with E-state index in [-0.39, 0.29) is 5.82 Å². The second-order valence-electron chi connectivity index (χ2n) is 4.77. The Morgan fingerprint density at radius 1 is 1.35 bits per heavy atom. The van der Waals surface area contributed by atoms with Crippen LogP contribution in [-0.2, 0) is 6.42 Å². The topological polar surface area (TPSA) is 21.3 Å². The minimum absolute atomic E-state index is 0.133. The van der Waals surface area contributed by atoms with Crippen LogP contribution in [0.15, 0.2) is 12.1 Å². The monoisotopic (exact) mass is 237 g/mol. The molecule has 1 aliphatic rings. The Balaban J connectivity index is 2.21. The smallest absolute Gasteiger partial charge is 0.130 e. The number of piperidine rings is 1. The van der Waals surface area contributed by atoms with E-state index in [1.165, 1.54) is 0 Å². The molecule has 1 aromatic rings. The maximum absolute atomic E-state index is 13.9. The molecule has 0 atom stereocenters. The summed E-state index contributed by atoms with van der Waals surface area (Å²) in [6.07, 6.45) is 3.03. The van der Waals surface area contributed by atoms with Gasteiger partial charge in [0.1, 0.15) is 11.6 Å². The highest BCUT2D eigenvalue weighted by Crippen LogP contribution is 2.30. The van der Waals surface area contributed by atoms with Crippen molar-refractivity contribution in [1.82, 2.24) is 5.32 Å². The Morgan fingerprint density at radius 2 is 2.06 bits per heavy atom. The third-order valence-corrected chi connectivity index (χ3v) is 3.56. The van der Waals surface area contributed by atoms with Crippen LogP contribution < -0.4 is 10.1 Å². The number of nitrogens with one attached hydrogen (secondary N) is 1. The van der Waals surface area contributed by atoms with Gasteiger partial charge in [-0.3, -0.25) is 0 Å². The summed E-state index contributed by atoms with van der Waals surface area (Å²) in [4.78, 5) is 0. The molecular formula is C14H20FNO. The Hall–Kier alpha value is -1.09. The van der Waals surface area contributed by atoms with Gasteiger partial charge in [0.2, 0.25) is 0 Å². The van der Waals surface area contributed by atoms with E-state index in [1.807, 2.05) is 6.92 Å². The summed E-state index contributed by atoms with van der Waals surface area (Å²) in [6, 6.07) is 3.33. The molecule has 1 fully saturated rings. The van der Waals surface area contributed by atoms with Crippen LogP contribution in [0.25, 0.3) is 0 Å². The molecule has 1 aliphatic heterocycles. The molecule has 0 aliphatic carbocycles. The molecule has 17 heavy (non-hydrogen) atoms. The Labute approximate surface area is 102 Å². The predicted octanol–water partition coefficient (Wildman–Crippen LogP) is 2.68. The summed E-state index contributed by atoms with van der Waals surface area (Å²) < 4.78 is 19.2. The number of methoxy groups -OCH3 is 1. The molecule has 94 valence electrons. The second-order valence-corrected chi connectivity index (χ2v) is 4.77. The van der Waals surface area contributed by atoms with Crippen LogP contribution in [0, 0.1) is 18.7 Å². The Bertz CT molecular complexity index is 386. The van der Waals surface area contributed by atoms with Gasteiger partial charge in [0.05, 0.1) is 7.11 Å². The van der Waals surface area contributed by atoms with Crippen LogP contribution >= 0.6 is 0 Å². The Kier molecular flexibility index (Phi) is 4.00. The van der Waals surface area contributed by atoms with Crippen molar-refractivity contribution in [1.29, 1.82) is 0 Å². The lowest BCUT2D eigenvalue weighted by molar-refractivity contribution is 0.354. The van der Waals surface area contributed by atoms with Gasteiger partial charge >= 0.3 is 0 Å². The highest BCUT2D eigenvalue weighted by atomic mass is 19.1. The molecule has 1 aromatic carbocycles. The fraction of sp³-hybridized carbons (Fsp3) is 0.571. The van der Waals surface area contributed by atoms with Gasteiger partial charge in [-0.15, -0.1) is 0 Å². The molecule has 2 rings (SSSR count). The summed E-state index contributed by atoms with van der Waals surface area (Å²) in [7, 11) is 1.62. The zero-order valence-electron chi connectivity index (χ0n) is 10.6. The number of hydrogen-bond donors (Lipinski definition) is 1. The van der Waals surface area contributed by atoms with Gasteiger partial charge < -0.3 is 10.1 Å². The standard InChI is InChI=1S/C14H20FNO/c1-10-3-4-13(15)12(14(10)17-2)9-11-5-7-16-8-6-11/h3-4,11,16H,5-9H2,1-2H3. The average molecular weight is 237 g/mol. The van der Waals surface area contributed by atoms with Crippen LogP contribution in [0.2, 0.25) is 0 Å². The van der Waals surface area contributed by atoms with E-state index in [0.29, 0.717) is 5.92 Å². The van der Waals surface area contributed by atoms with E-state index in [4.69, 9.17) is 4.74 Å². The lowest BCUT2D eigenvalue weighted by atomic mass is 9.89.